The minimum Gasteiger partial charge on any atom is -0.0990 e. The Balaban J connectivity index is 2.27. The predicted molar refractivity (Wildman–Crippen MR) is 75.1 cm³/mol. The number of hydrogen-bond donors (Lipinski definition) is 0. The van der Waals surface area contributed by atoms with Crippen LogP contribution >= 0.6 is 0 Å². The van der Waals surface area contributed by atoms with Crippen LogP contribution in [-0.4, -0.2) is 0 Å². The Morgan fingerprint density at radius 2 is 1.71 bits per heavy atom. The van der Waals surface area contributed by atoms with Crippen molar-refractivity contribution in [1.82, 2.24) is 0 Å². The molecule has 1 saturated carbocycles. The van der Waals surface area contributed by atoms with Gasteiger partial charge in [0.1, 0.15) is 0 Å². The molecule has 0 heterocycles. The summed E-state index contributed by atoms with van der Waals surface area (Å²) in [6, 6.07) is 11.0. The zero-order valence-electron chi connectivity index (χ0n) is 11.2. The van der Waals surface area contributed by atoms with E-state index in [4.69, 9.17) is 0 Å². The summed E-state index contributed by atoms with van der Waals surface area (Å²) in [5.74, 6) is 1.99. The molecule has 17 heavy (non-hydrogen) atoms. The Labute approximate surface area is 106 Å². The van der Waals surface area contributed by atoms with Crippen LogP contribution in [0.4, 0.5) is 0 Å². The van der Waals surface area contributed by atoms with E-state index in [9.17, 15) is 0 Å². The van der Waals surface area contributed by atoms with Gasteiger partial charge in [-0.3, -0.25) is 0 Å². The van der Waals surface area contributed by atoms with Crippen LogP contribution in [0.5, 0.6) is 0 Å². The first kappa shape index (κ1) is 12.4. The van der Waals surface area contributed by atoms with E-state index in [1.807, 2.05) is 0 Å². The summed E-state index contributed by atoms with van der Waals surface area (Å²) in [6.45, 7) is 8.92. The van der Waals surface area contributed by atoms with E-state index in [-0.39, 0.29) is 0 Å². The largest absolute Gasteiger partial charge is 0.0990 e. The lowest BCUT2D eigenvalue weighted by atomic mass is 9.76. The normalized spacial score (nSPS) is 18.5. The molecule has 0 heteroatoms. The maximum Gasteiger partial charge on any atom is 0.00763 e. The molecule has 0 N–H and O–H groups in total. The van der Waals surface area contributed by atoms with Gasteiger partial charge < -0.3 is 0 Å². The monoisotopic (exact) mass is 228 g/mol. The molecule has 1 aromatic rings. The van der Waals surface area contributed by atoms with E-state index in [1.165, 1.54) is 36.8 Å². The van der Waals surface area contributed by atoms with Crippen LogP contribution in [0, 0.1) is 11.8 Å². The van der Waals surface area contributed by atoms with E-state index < -0.39 is 0 Å². The van der Waals surface area contributed by atoms with Crippen molar-refractivity contribution < 1.29 is 0 Å². The fourth-order valence-corrected chi connectivity index (χ4v) is 3.10. The summed E-state index contributed by atoms with van der Waals surface area (Å²) in [4.78, 5) is 0. The van der Waals surface area contributed by atoms with Crippen molar-refractivity contribution in [3.05, 3.63) is 48.0 Å². The summed E-state index contributed by atoms with van der Waals surface area (Å²) in [5.41, 5.74) is 2.89. The van der Waals surface area contributed by atoms with Crippen LogP contribution in [0.2, 0.25) is 0 Å². The zero-order valence-corrected chi connectivity index (χ0v) is 11.2. The van der Waals surface area contributed by atoms with Crippen molar-refractivity contribution in [1.29, 1.82) is 0 Å². The average molecular weight is 228 g/mol. The van der Waals surface area contributed by atoms with Gasteiger partial charge in [-0.1, -0.05) is 69.2 Å². The van der Waals surface area contributed by atoms with E-state index in [0.717, 1.165) is 5.92 Å². The molecule has 0 spiro atoms. The van der Waals surface area contributed by atoms with Gasteiger partial charge in [0.15, 0.2) is 0 Å². The first-order valence-electron chi connectivity index (χ1n) is 6.93. The first-order chi connectivity index (χ1) is 8.20. The Morgan fingerprint density at radius 1 is 1.12 bits per heavy atom. The van der Waals surface area contributed by atoms with Crippen LogP contribution < -0.4 is 0 Å². The molecule has 0 bridgehead atoms. The summed E-state index contributed by atoms with van der Waals surface area (Å²) in [7, 11) is 0. The summed E-state index contributed by atoms with van der Waals surface area (Å²) < 4.78 is 0. The van der Waals surface area contributed by atoms with E-state index in [2.05, 4.69) is 50.8 Å². The summed E-state index contributed by atoms with van der Waals surface area (Å²) in [6.07, 6.45) is 5.56. The van der Waals surface area contributed by atoms with E-state index >= 15 is 0 Å². The van der Waals surface area contributed by atoms with Gasteiger partial charge in [0.05, 0.1) is 0 Å². The van der Waals surface area contributed by atoms with Gasteiger partial charge in [-0.05, 0) is 30.2 Å². The highest BCUT2D eigenvalue weighted by Gasteiger charge is 2.29. The Bertz CT molecular complexity index is 355. The number of benzene rings is 1. The maximum atomic E-state index is 4.38. The Morgan fingerprint density at radius 3 is 2.24 bits per heavy atom. The molecular weight excluding hydrogens is 204 g/mol. The molecule has 0 aliphatic heterocycles. The molecule has 1 unspecified atom stereocenters. The van der Waals surface area contributed by atoms with Crippen molar-refractivity contribution in [3.8, 4) is 0 Å². The molecule has 0 aromatic heterocycles. The van der Waals surface area contributed by atoms with Gasteiger partial charge in [-0.15, -0.1) is 0 Å². The van der Waals surface area contributed by atoms with Crippen molar-refractivity contribution in [2.75, 3.05) is 0 Å². The minimum absolute atomic E-state index is 0.582. The molecule has 0 amide bonds. The second kappa shape index (κ2) is 5.53. The minimum atomic E-state index is 0.582. The molecule has 1 atom stereocenters. The first-order valence-corrected chi connectivity index (χ1v) is 6.93. The number of hydrogen-bond acceptors (Lipinski definition) is 0. The molecule has 1 aliphatic rings. The average Bonchev–Trinajstić information content (AvgIpc) is 2.84. The lowest BCUT2D eigenvalue weighted by Crippen LogP contribution is -2.15. The fraction of sp³-hybridized carbons (Fsp3) is 0.529. The quantitative estimate of drug-likeness (QED) is 0.623. The SMILES string of the molecule is C=C(C(C)C)C(c1ccccc1)C1CCCC1. The molecule has 92 valence electrons. The zero-order chi connectivity index (χ0) is 12.3. The molecule has 0 saturated heterocycles. The number of allylic oxidation sites excluding steroid dienone is 1. The highest BCUT2D eigenvalue weighted by molar-refractivity contribution is 5.29. The van der Waals surface area contributed by atoms with Crippen LogP contribution in [0.25, 0.3) is 0 Å². The van der Waals surface area contributed by atoms with Crippen LogP contribution in [0.15, 0.2) is 42.5 Å². The molecule has 1 aromatic carbocycles. The highest BCUT2D eigenvalue weighted by atomic mass is 14.3. The van der Waals surface area contributed by atoms with Crippen LogP contribution in [0.3, 0.4) is 0 Å². The predicted octanol–water partition coefficient (Wildman–Crippen LogP) is 5.17. The summed E-state index contributed by atoms with van der Waals surface area (Å²) in [5, 5.41) is 0. The van der Waals surface area contributed by atoms with Gasteiger partial charge >= 0.3 is 0 Å². The summed E-state index contributed by atoms with van der Waals surface area (Å²) >= 11 is 0. The molecule has 1 fully saturated rings. The van der Waals surface area contributed by atoms with Gasteiger partial charge in [-0.2, -0.15) is 0 Å². The standard InChI is InChI=1S/C17H24/c1-13(2)14(3)17(16-11-7-8-12-16)15-9-5-4-6-10-15/h4-6,9-10,13,16-17H,3,7-8,11-12H2,1-2H3. The third-order valence-electron chi connectivity index (χ3n) is 4.17. The van der Waals surface area contributed by atoms with Gasteiger partial charge in [-0.25, -0.2) is 0 Å². The fourth-order valence-electron chi connectivity index (χ4n) is 3.10. The second-order valence-electron chi connectivity index (χ2n) is 5.66. The van der Waals surface area contributed by atoms with Crippen LogP contribution in [-0.2, 0) is 0 Å². The van der Waals surface area contributed by atoms with Gasteiger partial charge in [0.2, 0.25) is 0 Å². The third kappa shape index (κ3) is 2.80. The lowest BCUT2D eigenvalue weighted by Gasteiger charge is -2.28. The topological polar surface area (TPSA) is 0 Å². The Hall–Kier alpha value is -1.04. The number of rotatable bonds is 4. The van der Waals surface area contributed by atoms with E-state index in [1.54, 1.807) is 0 Å². The molecule has 2 rings (SSSR count). The molecular formula is C17H24. The van der Waals surface area contributed by atoms with Gasteiger partial charge in [0.25, 0.3) is 0 Å². The molecule has 0 nitrogen and oxygen atoms in total. The molecule has 0 radical (unpaired) electrons. The van der Waals surface area contributed by atoms with Gasteiger partial charge in [0, 0.05) is 5.92 Å². The highest BCUT2D eigenvalue weighted by Crippen LogP contribution is 2.42. The van der Waals surface area contributed by atoms with Crippen molar-refractivity contribution in [2.24, 2.45) is 11.8 Å². The van der Waals surface area contributed by atoms with Crippen molar-refractivity contribution in [2.45, 2.75) is 45.4 Å². The Kier molecular flexibility index (Phi) is 4.04. The maximum absolute atomic E-state index is 4.38. The lowest BCUT2D eigenvalue weighted by molar-refractivity contribution is 0.452. The van der Waals surface area contributed by atoms with E-state index in [0.29, 0.717) is 11.8 Å². The van der Waals surface area contributed by atoms with Crippen LogP contribution in [0.1, 0.15) is 51.0 Å². The van der Waals surface area contributed by atoms with Crippen molar-refractivity contribution >= 4 is 0 Å². The second-order valence-corrected chi connectivity index (χ2v) is 5.66. The third-order valence-corrected chi connectivity index (χ3v) is 4.17. The van der Waals surface area contributed by atoms with Crippen molar-refractivity contribution in [3.63, 3.8) is 0 Å². The molecule has 1 aliphatic carbocycles. The smallest absolute Gasteiger partial charge is 0.00763 e.